The molecule has 1 aromatic carbocycles. The lowest BCUT2D eigenvalue weighted by atomic mass is 10.0. The summed E-state index contributed by atoms with van der Waals surface area (Å²) in [6.45, 7) is 1.66. The molecule has 0 saturated carbocycles. The summed E-state index contributed by atoms with van der Waals surface area (Å²) in [5.74, 6) is -0.611. The Bertz CT molecular complexity index is 606. The fourth-order valence-electron chi connectivity index (χ4n) is 1.79. The van der Waals surface area contributed by atoms with Gasteiger partial charge in [-0.3, -0.25) is 0 Å². The van der Waals surface area contributed by atoms with E-state index in [4.69, 9.17) is 10.2 Å². The van der Waals surface area contributed by atoms with Crippen LogP contribution in [0.2, 0.25) is 0 Å². The molecule has 2 rings (SSSR count). The number of halogens is 1. The average molecular weight is 263 g/mol. The van der Waals surface area contributed by atoms with Gasteiger partial charge in [0.1, 0.15) is 11.6 Å². The average Bonchev–Trinajstić information content (AvgIpc) is 2.90. The zero-order chi connectivity index (χ0) is 14.0. The van der Waals surface area contributed by atoms with Crippen molar-refractivity contribution >= 4 is 5.97 Å². The lowest BCUT2D eigenvalue weighted by molar-refractivity contribution is 0.0562. The first-order valence-electron chi connectivity index (χ1n) is 5.73. The van der Waals surface area contributed by atoms with Crippen molar-refractivity contribution < 1.29 is 18.3 Å². The van der Waals surface area contributed by atoms with Crippen molar-refractivity contribution in [3.05, 3.63) is 58.8 Å². The van der Waals surface area contributed by atoms with Crippen LogP contribution in [0.3, 0.4) is 0 Å². The molecule has 0 amide bonds. The molecule has 0 bridgehead atoms. The second-order valence-electron chi connectivity index (χ2n) is 4.15. The van der Waals surface area contributed by atoms with Gasteiger partial charge in [-0.05, 0) is 24.6 Å². The predicted molar refractivity (Wildman–Crippen MR) is 67.2 cm³/mol. The second kappa shape index (κ2) is 5.24. The fraction of sp³-hybridized carbons (Fsp3) is 0.214. The summed E-state index contributed by atoms with van der Waals surface area (Å²) in [6, 6.07) is 7.20. The predicted octanol–water partition coefficient (Wildman–Crippen LogP) is 2.56. The minimum absolute atomic E-state index is 0.0426. The molecule has 0 saturated heterocycles. The SMILES string of the molecule is COC(=O)c1ccc(C(N)c2cccc(C)c2F)o1. The van der Waals surface area contributed by atoms with E-state index in [9.17, 15) is 9.18 Å². The number of ether oxygens (including phenoxy) is 1. The number of furan rings is 1. The molecular formula is C14H14FNO3. The molecule has 0 aliphatic heterocycles. The first-order chi connectivity index (χ1) is 9.04. The van der Waals surface area contributed by atoms with Crippen molar-refractivity contribution in [1.29, 1.82) is 0 Å². The van der Waals surface area contributed by atoms with E-state index in [1.54, 1.807) is 31.2 Å². The highest BCUT2D eigenvalue weighted by Gasteiger charge is 2.20. The maximum Gasteiger partial charge on any atom is 0.373 e. The summed E-state index contributed by atoms with van der Waals surface area (Å²) in [5, 5.41) is 0. The standard InChI is InChI=1S/C14H14FNO3/c1-8-4-3-5-9(12(8)15)13(16)10-6-7-11(19-10)14(17)18-2/h3-7,13H,16H2,1-2H3. The van der Waals surface area contributed by atoms with Gasteiger partial charge in [-0.15, -0.1) is 0 Å². The van der Waals surface area contributed by atoms with Crippen molar-refractivity contribution in [1.82, 2.24) is 0 Å². The number of hydrogen-bond acceptors (Lipinski definition) is 4. The highest BCUT2D eigenvalue weighted by molar-refractivity contribution is 5.86. The summed E-state index contributed by atoms with van der Waals surface area (Å²) < 4.78 is 23.8. The molecule has 2 aromatic rings. The third-order valence-electron chi connectivity index (χ3n) is 2.88. The molecule has 0 spiro atoms. The van der Waals surface area contributed by atoms with Crippen molar-refractivity contribution in [3.8, 4) is 0 Å². The van der Waals surface area contributed by atoms with Crippen LogP contribution < -0.4 is 5.73 Å². The molecule has 0 radical (unpaired) electrons. The monoisotopic (exact) mass is 263 g/mol. The number of carbonyl (C=O) groups excluding carboxylic acids is 1. The van der Waals surface area contributed by atoms with E-state index in [0.29, 0.717) is 16.9 Å². The molecule has 100 valence electrons. The number of hydrogen-bond donors (Lipinski definition) is 1. The Hall–Kier alpha value is -2.14. The van der Waals surface area contributed by atoms with Crippen LogP contribution in [0.25, 0.3) is 0 Å². The number of rotatable bonds is 3. The Morgan fingerprint density at radius 1 is 1.37 bits per heavy atom. The largest absolute Gasteiger partial charge is 0.463 e. The molecule has 1 unspecified atom stereocenters. The molecule has 0 aliphatic rings. The Morgan fingerprint density at radius 3 is 2.79 bits per heavy atom. The molecule has 1 heterocycles. The van der Waals surface area contributed by atoms with Crippen molar-refractivity contribution in [2.75, 3.05) is 7.11 Å². The topological polar surface area (TPSA) is 65.5 Å². The molecular weight excluding hydrogens is 249 g/mol. The molecule has 0 fully saturated rings. The Labute approximate surface area is 110 Å². The first-order valence-corrected chi connectivity index (χ1v) is 5.73. The number of benzene rings is 1. The number of esters is 1. The van der Waals surface area contributed by atoms with Gasteiger partial charge in [-0.1, -0.05) is 18.2 Å². The van der Waals surface area contributed by atoms with Crippen LogP contribution in [-0.2, 0) is 4.74 Å². The highest BCUT2D eigenvalue weighted by Crippen LogP contribution is 2.25. The summed E-state index contributed by atoms with van der Waals surface area (Å²) >= 11 is 0. The van der Waals surface area contributed by atoms with Gasteiger partial charge < -0.3 is 14.9 Å². The van der Waals surface area contributed by atoms with E-state index in [2.05, 4.69) is 4.74 Å². The Kier molecular flexibility index (Phi) is 3.66. The van der Waals surface area contributed by atoms with Gasteiger partial charge in [0.15, 0.2) is 0 Å². The normalized spacial score (nSPS) is 12.2. The third kappa shape index (κ3) is 2.51. The molecule has 19 heavy (non-hydrogen) atoms. The Balaban J connectivity index is 2.34. The van der Waals surface area contributed by atoms with Crippen LogP contribution in [0.1, 0.15) is 33.5 Å². The summed E-state index contributed by atoms with van der Waals surface area (Å²) in [6.07, 6.45) is 0. The van der Waals surface area contributed by atoms with Crippen LogP contribution in [-0.4, -0.2) is 13.1 Å². The second-order valence-corrected chi connectivity index (χ2v) is 4.15. The molecule has 2 N–H and O–H groups in total. The van der Waals surface area contributed by atoms with E-state index in [1.165, 1.54) is 13.2 Å². The number of carbonyl (C=O) groups is 1. The van der Waals surface area contributed by atoms with Crippen LogP contribution in [0, 0.1) is 12.7 Å². The first kappa shape index (κ1) is 13.3. The van der Waals surface area contributed by atoms with E-state index < -0.39 is 12.0 Å². The van der Waals surface area contributed by atoms with Crippen molar-refractivity contribution in [2.24, 2.45) is 5.73 Å². The van der Waals surface area contributed by atoms with Gasteiger partial charge in [-0.2, -0.15) is 0 Å². The van der Waals surface area contributed by atoms with E-state index in [0.717, 1.165) is 0 Å². The Morgan fingerprint density at radius 2 is 2.11 bits per heavy atom. The molecule has 4 nitrogen and oxygen atoms in total. The zero-order valence-electron chi connectivity index (χ0n) is 10.6. The third-order valence-corrected chi connectivity index (χ3v) is 2.88. The van der Waals surface area contributed by atoms with Gasteiger partial charge in [0.25, 0.3) is 0 Å². The lowest BCUT2D eigenvalue weighted by Crippen LogP contribution is -2.13. The summed E-state index contributed by atoms with van der Waals surface area (Å²) in [4.78, 5) is 11.3. The fourth-order valence-corrected chi connectivity index (χ4v) is 1.79. The molecule has 1 aromatic heterocycles. The summed E-state index contributed by atoms with van der Waals surface area (Å²) in [7, 11) is 1.25. The van der Waals surface area contributed by atoms with E-state index >= 15 is 0 Å². The van der Waals surface area contributed by atoms with Crippen molar-refractivity contribution in [3.63, 3.8) is 0 Å². The maximum absolute atomic E-state index is 14.0. The van der Waals surface area contributed by atoms with Gasteiger partial charge in [0.05, 0.1) is 13.2 Å². The number of aryl methyl sites for hydroxylation is 1. The molecule has 0 aliphatic carbocycles. The minimum atomic E-state index is -0.765. The quantitative estimate of drug-likeness (QED) is 0.864. The highest BCUT2D eigenvalue weighted by atomic mass is 19.1. The van der Waals surface area contributed by atoms with Crippen molar-refractivity contribution in [2.45, 2.75) is 13.0 Å². The molecule has 1 atom stereocenters. The number of nitrogens with two attached hydrogens (primary N) is 1. The zero-order valence-corrected chi connectivity index (χ0v) is 10.6. The van der Waals surface area contributed by atoms with Gasteiger partial charge in [0.2, 0.25) is 5.76 Å². The van der Waals surface area contributed by atoms with Gasteiger partial charge in [0, 0.05) is 5.56 Å². The number of methoxy groups -OCH3 is 1. The lowest BCUT2D eigenvalue weighted by Gasteiger charge is -2.11. The van der Waals surface area contributed by atoms with E-state index in [-0.39, 0.29) is 11.6 Å². The van der Waals surface area contributed by atoms with Gasteiger partial charge in [-0.25, -0.2) is 9.18 Å². The molecule has 5 heteroatoms. The van der Waals surface area contributed by atoms with E-state index in [1.807, 2.05) is 0 Å². The van der Waals surface area contributed by atoms with Crippen LogP contribution in [0.15, 0.2) is 34.7 Å². The van der Waals surface area contributed by atoms with Crippen LogP contribution in [0.5, 0.6) is 0 Å². The van der Waals surface area contributed by atoms with Gasteiger partial charge >= 0.3 is 5.97 Å². The van der Waals surface area contributed by atoms with Crippen LogP contribution in [0.4, 0.5) is 4.39 Å². The summed E-state index contributed by atoms with van der Waals surface area (Å²) in [5.41, 5.74) is 6.79. The minimum Gasteiger partial charge on any atom is -0.463 e. The maximum atomic E-state index is 14.0. The van der Waals surface area contributed by atoms with Crippen LogP contribution >= 0.6 is 0 Å². The smallest absolute Gasteiger partial charge is 0.373 e.